The summed E-state index contributed by atoms with van der Waals surface area (Å²) in [5.41, 5.74) is 7.64. The van der Waals surface area contributed by atoms with Gasteiger partial charge in [0.05, 0.1) is 12.6 Å². The first kappa shape index (κ1) is 11.7. The van der Waals surface area contributed by atoms with Crippen LogP contribution in [0.15, 0.2) is 10.5 Å². The average molecular weight is 288 g/mol. The van der Waals surface area contributed by atoms with Gasteiger partial charge in [-0.3, -0.25) is 0 Å². The van der Waals surface area contributed by atoms with Crippen LogP contribution in [0.2, 0.25) is 0 Å². The molecule has 1 aliphatic rings. The van der Waals surface area contributed by atoms with Crippen molar-refractivity contribution in [1.82, 2.24) is 0 Å². The van der Waals surface area contributed by atoms with Crippen LogP contribution in [0.3, 0.4) is 0 Å². The lowest BCUT2D eigenvalue weighted by Gasteiger charge is -2.24. The summed E-state index contributed by atoms with van der Waals surface area (Å²) in [6.07, 6.45) is 0. The molecule has 1 heterocycles. The number of aliphatic hydroxyl groups excluding tert-OH is 1. The van der Waals surface area contributed by atoms with E-state index in [2.05, 4.69) is 15.9 Å². The number of nitrogens with two attached hydrogens (primary N) is 1. The Labute approximate surface area is 102 Å². The van der Waals surface area contributed by atoms with Crippen molar-refractivity contribution in [1.29, 1.82) is 0 Å². The summed E-state index contributed by atoms with van der Waals surface area (Å²) in [6, 6.07) is 1.43. The number of fused-ring (bicyclic) bond motifs is 1. The van der Waals surface area contributed by atoms with E-state index in [1.165, 1.54) is 0 Å². The Morgan fingerprint density at radius 1 is 1.50 bits per heavy atom. The largest absolute Gasteiger partial charge is 0.486 e. The van der Waals surface area contributed by atoms with Gasteiger partial charge in [-0.2, -0.15) is 0 Å². The maximum absolute atomic E-state index is 9.12. The van der Waals surface area contributed by atoms with Gasteiger partial charge in [-0.1, -0.05) is 15.9 Å². The summed E-state index contributed by atoms with van der Waals surface area (Å²) < 4.78 is 11.9. The molecule has 0 radical (unpaired) electrons. The van der Waals surface area contributed by atoms with Gasteiger partial charge < -0.3 is 20.3 Å². The number of aliphatic hydroxyl groups is 1. The zero-order chi connectivity index (χ0) is 11.7. The molecule has 1 aromatic carbocycles. The fourth-order valence-corrected chi connectivity index (χ4v) is 2.67. The number of ether oxygens (including phenoxy) is 2. The minimum absolute atomic E-state index is 0.0981. The fraction of sp³-hybridized carbons (Fsp3) is 0.455. The third kappa shape index (κ3) is 1.90. The van der Waals surface area contributed by atoms with Crippen LogP contribution < -0.4 is 15.2 Å². The summed E-state index contributed by atoms with van der Waals surface area (Å²) >= 11 is 3.44. The second kappa shape index (κ2) is 4.61. The Hall–Kier alpha value is -0.780. The van der Waals surface area contributed by atoms with Crippen LogP contribution >= 0.6 is 15.9 Å². The smallest absolute Gasteiger partial charge is 0.164 e. The van der Waals surface area contributed by atoms with Crippen molar-refractivity contribution in [3.8, 4) is 11.5 Å². The maximum atomic E-state index is 9.12. The molecule has 88 valence electrons. The normalized spacial score (nSPS) is 16.0. The van der Waals surface area contributed by atoms with Crippen molar-refractivity contribution in [2.75, 3.05) is 19.8 Å². The van der Waals surface area contributed by atoms with Gasteiger partial charge in [0.2, 0.25) is 0 Å². The molecule has 0 aliphatic carbocycles. The highest BCUT2D eigenvalue weighted by molar-refractivity contribution is 9.10. The van der Waals surface area contributed by atoms with Gasteiger partial charge in [-0.05, 0) is 18.6 Å². The number of halogens is 1. The molecule has 5 heteroatoms. The SMILES string of the molecule is Cc1c2c(cc(Br)c1C(N)CO)OCCO2. The third-order valence-electron chi connectivity index (χ3n) is 2.64. The van der Waals surface area contributed by atoms with Crippen LogP contribution in [0.1, 0.15) is 17.2 Å². The van der Waals surface area contributed by atoms with E-state index in [1.807, 2.05) is 13.0 Å². The van der Waals surface area contributed by atoms with Crippen LogP contribution in [0.5, 0.6) is 11.5 Å². The topological polar surface area (TPSA) is 64.7 Å². The standard InChI is InChI=1S/C11H14BrNO3/c1-6-10(8(13)5-14)7(12)4-9-11(6)16-3-2-15-9/h4,8,14H,2-3,5,13H2,1H3. The van der Waals surface area contributed by atoms with Crippen molar-refractivity contribution in [2.24, 2.45) is 5.73 Å². The van der Waals surface area contributed by atoms with Crippen molar-refractivity contribution in [3.63, 3.8) is 0 Å². The first-order valence-corrected chi connectivity index (χ1v) is 5.89. The lowest BCUT2D eigenvalue weighted by atomic mass is 10.0. The van der Waals surface area contributed by atoms with E-state index in [9.17, 15) is 0 Å². The molecule has 3 N–H and O–H groups in total. The van der Waals surface area contributed by atoms with Gasteiger partial charge in [0.15, 0.2) is 11.5 Å². The molecule has 2 rings (SSSR count). The van der Waals surface area contributed by atoms with Gasteiger partial charge in [-0.25, -0.2) is 0 Å². The molecule has 1 unspecified atom stereocenters. The third-order valence-corrected chi connectivity index (χ3v) is 3.29. The first-order valence-electron chi connectivity index (χ1n) is 5.10. The molecular formula is C11H14BrNO3. The zero-order valence-corrected chi connectivity index (χ0v) is 10.6. The molecule has 0 spiro atoms. The van der Waals surface area contributed by atoms with Crippen LogP contribution in [-0.2, 0) is 0 Å². The second-order valence-electron chi connectivity index (χ2n) is 3.71. The number of rotatable bonds is 2. The number of hydrogen-bond donors (Lipinski definition) is 2. The summed E-state index contributed by atoms with van der Waals surface area (Å²) in [4.78, 5) is 0. The monoisotopic (exact) mass is 287 g/mol. The molecule has 0 amide bonds. The van der Waals surface area contributed by atoms with Gasteiger partial charge in [0.1, 0.15) is 13.2 Å². The minimum atomic E-state index is -0.412. The molecule has 0 fully saturated rings. The van der Waals surface area contributed by atoms with E-state index in [-0.39, 0.29) is 6.61 Å². The lowest BCUT2D eigenvalue weighted by Crippen LogP contribution is -2.20. The highest BCUT2D eigenvalue weighted by Crippen LogP contribution is 2.41. The van der Waals surface area contributed by atoms with E-state index in [4.69, 9.17) is 20.3 Å². The maximum Gasteiger partial charge on any atom is 0.164 e. The quantitative estimate of drug-likeness (QED) is 0.866. The molecule has 0 saturated carbocycles. The summed E-state index contributed by atoms with van der Waals surface area (Å²) in [5, 5.41) is 9.12. The molecular weight excluding hydrogens is 274 g/mol. The molecule has 0 bridgehead atoms. The van der Waals surface area contributed by atoms with E-state index in [0.717, 1.165) is 27.1 Å². The lowest BCUT2D eigenvalue weighted by molar-refractivity contribution is 0.169. The first-order chi connectivity index (χ1) is 7.65. The molecule has 16 heavy (non-hydrogen) atoms. The van der Waals surface area contributed by atoms with Gasteiger partial charge in [0.25, 0.3) is 0 Å². The predicted molar refractivity (Wildman–Crippen MR) is 63.9 cm³/mol. The molecule has 1 atom stereocenters. The van der Waals surface area contributed by atoms with Crippen LogP contribution in [0.4, 0.5) is 0 Å². The Morgan fingerprint density at radius 3 is 2.88 bits per heavy atom. The fourth-order valence-electron chi connectivity index (χ4n) is 1.87. The zero-order valence-electron chi connectivity index (χ0n) is 9.00. The van der Waals surface area contributed by atoms with E-state index < -0.39 is 6.04 Å². The van der Waals surface area contributed by atoms with Crippen LogP contribution in [0, 0.1) is 6.92 Å². The molecule has 0 saturated heterocycles. The molecule has 1 aliphatic heterocycles. The predicted octanol–water partition coefficient (Wildman–Crippen LogP) is 1.52. The number of benzene rings is 1. The summed E-state index contributed by atoms with van der Waals surface area (Å²) in [6.45, 7) is 2.93. The Balaban J connectivity index is 2.54. The van der Waals surface area contributed by atoms with Crippen LogP contribution in [-0.4, -0.2) is 24.9 Å². The molecule has 4 nitrogen and oxygen atoms in total. The highest BCUT2D eigenvalue weighted by atomic mass is 79.9. The van der Waals surface area contributed by atoms with Crippen LogP contribution in [0.25, 0.3) is 0 Å². The van der Waals surface area contributed by atoms with Crippen molar-refractivity contribution < 1.29 is 14.6 Å². The van der Waals surface area contributed by atoms with Gasteiger partial charge in [0, 0.05) is 10.0 Å². The van der Waals surface area contributed by atoms with Crippen molar-refractivity contribution in [2.45, 2.75) is 13.0 Å². The van der Waals surface area contributed by atoms with Gasteiger partial charge >= 0.3 is 0 Å². The average Bonchev–Trinajstić information content (AvgIpc) is 2.28. The van der Waals surface area contributed by atoms with E-state index >= 15 is 0 Å². The van der Waals surface area contributed by atoms with Crippen molar-refractivity contribution in [3.05, 3.63) is 21.7 Å². The van der Waals surface area contributed by atoms with E-state index in [1.54, 1.807) is 0 Å². The summed E-state index contributed by atoms with van der Waals surface area (Å²) in [7, 11) is 0. The second-order valence-corrected chi connectivity index (χ2v) is 4.56. The number of hydrogen-bond acceptors (Lipinski definition) is 4. The Bertz CT molecular complexity index is 409. The Morgan fingerprint density at radius 2 is 2.19 bits per heavy atom. The molecule has 0 aromatic heterocycles. The highest BCUT2D eigenvalue weighted by Gasteiger charge is 2.22. The van der Waals surface area contributed by atoms with E-state index in [0.29, 0.717) is 13.2 Å². The Kier molecular flexibility index (Phi) is 3.37. The summed E-state index contributed by atoms with van der Waals surface area (Å²) in [5.74, 6) is 1.46. The minimum Gasteiger partial charge on any atom is -0.486 e. The van der Waals surface area contributed by atoms with Crippen molar-refractivity contribution >= 4 is 15.9 Å². The molecule has 1 aromatic rings. The van der Waals surface area contributed by atoms with Gasteiger partial charge in [-0.15, -0.1) is 0 Å².